The van der Waals surface area contributed by atoms with Crippen molar-refractivity contribution in [1.29, 1.82) is 0 Å². The van der Waals surface area contributed by atoms with Gasteiger partial charge in [0.05, 0.1) is 55.9 Å². The molecular formula is C56H61N7O11. The number of methoxy groups -OCH3 is 3. The van der Waals surface area contributed by atoms with E-state index in [1.807, 2.05) is 54.3 Å². The minimum Gasteiger partial charge on any atom is -0.493 e. The average molecular weight is 1010 g/mol. The first-order valence-corrected chi connectivity index (χ1v) is 24.5. The van der Waals surface area contributed by atoms with Crippen LogP contribution in [0.15, 0.2) is 108 Å². The number of hydrogen-bond acceptors (Lipinski definition) is 13. The Kier molecular flexibility index (Phi) is 16.1. The summed E-state index contributed by atoms with van der Waals surface area (Å²) in [5.74, 6) is -0.895. The van der Waals surface area contributed by atoms with Gasteiger partial charge in [0.2, 0.25) is 17.7 Å². The van der Waals surface area contributed by atoms with Crippen molar-refractivity contribution in [1.82, 2.24) is 15.5 Å². The summed E-state index contributed by atoms with van der Waals surface area (Å²) in [5.41, 5.74) is 7.09. The van der Waals surface area contributed by atoms with Crippen LogP contribution in [0.3, 0.4) is 0 Å². The minimum atomic E-state index is -1.03. The number of ether oxygens (including phenoxy) is 5. The van der Waals surface area contributed by atoms with E-state index in [1.54, 1.807) is 53.6 Å². The number of esters is 1. The molecule has 4 aliphatic heterocycles. The number of unbranched alkanes of at least 4 members (excludes halogenated alkanes) is 1. The third kappa shape index (κ3) is 11.3. The number of aliphatic imine (C=N–C) groups is 1. The summed E-state index contributed by atoms with van der Waals surface area (Å²) in [4.78, 5) is 87.3. The number of carbonyl (C=O) groups excluding carboxylic acids is 6. The fourth-order valence-corrected chi connectivity index (χ4v) is 9.54. The molecule has 4 aromatic rings. The highest BCUT2D eigenvalue weighted by atomic mass is 16.5. The van der Waals surface area contributed by atoms with Crippen molar-refractivity contribution in [3.8, 4) is 23.0 Å². The number of fused-ring (bicyclic) bond motifs is 6. The van der Waals surface area contributed by atoms with Gasteiger partial charge in [0.15, 0.2) is 23.0 Å². The third-order valence-electron chi connectivity index (χ3n) is 13.3. The van der Waals surface area contributed by atoms with E-state index in [0.29, 0.717) is 88.1 Å². The van der Waals surface area contributed by atoms with Crippen LogP contribution in [0.25, 0.3) is 0 Å². The first-order chi connectivity index (χ1) is 35.7. The molecule has 0 bridgehead atoms. The second kappa shape index (κ2) is 23.0. The summed E-state index contributed by atoms with van der Waals surface area (Å²) in [6, 6.07) is 17.6. The van der Waals surface area contributed by atoms with Gasteiger partial charge in [-0.15, -0.1) is 0 Å². The maximum absolute atomic E-state index is 14.1. The molecule has 0 saturated heterocycles. The lowest BCUT2D eigenvalue weighted by molar-refractivity contribution is -0.140. The molecule has 0 saturated carbocycles. The van der Waals surface area contributed by atoms with Gasteiger partial charge in [-0.2, -0.15) is 0 Å². The van der Waals surface area contributed by atoms with E-state index in [-0.39, 0.29) is 61.8 Å². The van der Waals surface area contributed by atoms with E-state index in [9.17, 15) is 28.8 Å². The fraction of sp³-hybridized carbons (Fsp3) is 0.339. The van der Waals surface area contributed by atoms with Crippen molar-refractivity contribution in [2.24, 2.45) is 4.99 Å². The highest BCUT2D eigenvalue weighted by molar-refractivity contribution is 6.12. The van der Waals surface area contributed by atoms with Crippen molar-refractivity contribution in [2.75, 3.05) is 43.4 Å². The summed E-state index contributed by atoms with van der Waals surface area (Å²) < 4.78 is 29.0. The topological polar surface area (TPSA) is 216 Å². The van der Waals surface area contributed by atoms with Crippen molar-refractivity contribution in [3.63, 3.8) is 0 Å². The fourth-order valence-electron chi connectivity index (χ4n) is 9.54. The lowest BCUT2D eigenvalue weighted by Crippen LogP contribution is -2.50. The third-order valence-corrected chi connectivity index (χ3v) is 13.3. The van der Waals surface area contributed by atoms with E-state index in [1.165, 1.54) is 35.2 Å². The Morgan fingerprint density at radius 2 is 1.46 bits per heavy atom. The Bertz CT molecular complexity index is 2980. The molecular weight excluding hydrogens is 947 g/mol. The highest BCUT2D eigenvalue weighted by Gasteiger charge is 2.39. The monoisotopic (exact) mass is 1010 g/mol. The largest absolute Gasteiger partial charge is 0.493 e. The van der Waals surface area contributed by atoms with Crippen molar-refractivity contribution in [2.45, 2.75) is 96.7 Å². The van der Waals surface area contributed by atoms with E-state index in [0.717, 1.165) is 28.9 Å². The zero-order valence-corrected chi connectivity index (χ0v) is 42.4. The maximum Gasteiger partial charge on any atom is 0.305 e. The van der Waals surface area contributed by atoms with Crippen LogP contribution in [0.4, 0.5) is 22.7 Å². The number of carbonyl (C=O) groups is 6. The number of para-hydroxylation sites is 1. The van der Waals surface area contributed by atoms with Crippen LogP contribution in [-0.4, -0.2) is 98.7 Å². The lowest BCUT2D eigenvalue weighted by Gasteiger charge is -2.23. The Hall–Kier alpha value is -8.41. The second-order valence-corrected chi connectivity index (χ2v) is 18.4. The lowest BCUT2D eigenvalue weighted by atomic mass is 10.1. The Labute approximate surface area is 429 Å². The van der Waals surface area contributed by atoms with Crippen LogP contribution in [0.5, 0.6) is 23.0 Å². The number of amides is 5. The zero-order valence-electron chi connectivity index (χ0n) is 42.4. The number of rotatable bonds is 20. The summed E-state index contributed by atoms with van der Waals surface area (Å²) >= 11 is 0. The number of anilines is 3. The van der Waals surface area contributed by atoms with Crippen LogP contribution in [-0.2, 0) is 43.5 Å². The molecule has 0 spiro atoms. The van der Waals surface area contributed by atoms with E-state index < -0.39 is 23.9 Å². The molecule has 0 radical (unpaired) electrons. The quantitative estimate of drug-likeness (QED) is 0.0501. The van der Waals surface area contributed by atoms with Crippen LogP contribution >= 0.6 is 0 Å². The molecule has 74 heavy (non-hydrogen) atoms. The zero-order chi connectivity index (χ0) is 52.6. The van der Waals surface area contributed by atoms with Gasteiger partial charge in [-0.05, 0) is 105 Å². The highest BCUT2D eigenvalue weighted by Crippen LogP contribution is 2.43. The smallest absolute Gasteiger partial charge is 0.305 e. The van der Waals surface area contributed by atoms with Gasteiger partial charge in [-0.1, -0.05) is 36.9 Å². The molecule has 0 aliphatic carbocycles. The molecule has 4 atom stereocenters. The molecule has 18 nitrogen and oxygen atoms in total. The van der Waals surface area contributed by atoms with Crippen molar-refractivity contribution >= 4 is 64.5 Å². The van der Waals surface area contributed by atoms with Crippen LogP contribution < -0.4 is 45.1 Å². The van der Waals surface area contributed by atoms with Gasteiger partial charge < -0.3 is 49.9 Å². The number of allylic oxidation sites excluding steroid dienone is 3. The second-order valence-electron chi connectivity index (χ2n) is 18.4. The minimum absolute atomic E-state index is 0.0122. The molecule has 4 heterocycles. The maximum atomic E-state index is 14.1. The average Bonchev–Trinajstić information content (AvgIpc) is 3.88. The van der Waals surface area contributed by atoms with Crippen LogP contribution in [0, 0.1) is 0 Å². The van der Waals surface area contributed by atoms with E-state index >= 15 is 0 Å². The molecule has 5 amide bonds. The van der Waals surface area contributed by atoms with Crippen LogP contribution in [0.1, 0.15) is 90.3 Å². The number of hydrogen-bond donors (Lipinski definition) is 4. The van der Waals surface area contributed by atoms with Crippen molar-refractivity contribution in [3.05, 3.63) is 131 Å². The van der Waals surface area contributed by atoms with Gasteiger partial charge in [0, 0.05) is 61.2 Å². The van der Waals surface area contributed by atoms with Gasteiger partial charge in [0.25, 0.3) is 11.8 Å². The summed E-state index contributed by atoms with van der Waals surface area (Å²) in [6.45, 7) is 9.41. The molecule has 4 aromatic carbocycles. The summed E-state index contributed by atoms with van der Waals surface area (Å²) in [5, 5.41) is 11.7. The summed E-state index contributed by atoms with van der Waals surface area (Å²) in [7, 11) is 4.29. The van der Waals surface area contributed by atoms with Gasteiger partial charge in [0.1, 0.15) is 25.3 Å². The molecule has 0 unspecified atom stereocenters. The Morgan fingerprint density at radius 1 is 0.797 bits per heavy atom. The number of benzene rings is 4. The molecule has 0 fully saturated rings. The predicted molar refractivity (Wildman–Crippen MR) is 279 cm³/mol. The number of nitrogens with zero attached hydrogens (tertiary/aromatic N) is 3. The standard InChI is InChI=1S/C56H61N7O11/c1-8-14-36-22-39-28-57-43-26-49(47(70-5)24-41(43)55(68)62(39)45(36)9-2)73-30-34-19-35(21-38(20-34)61-54(67)33(4)60-53(66)32(3)59-51(64)17-12-13-18-52(65)72-7)31-74-50-27-44-42(25-48(50)71-6)56(69)63-40(29-58-44)23-37-15-10-11-16-46(37)63/h8-11,14-16,19-21,24-28,32-33,39-40,58H,2,12-13,17-18,22-23,29-31H2,1,3-7H3,(H,59,64)(H,60,66)(H,61,67)/b14-8-/t32-,33-,39-,40-/m0/s1. The Morgan fingerprint density at radius 3 is 2.15 bits per heavy atom. The predicted octanol–water partition coefficient (Wildman–Crippen LogP) is 7.49. The summed E-state index contributed by atoms with van der Waals surface area (Å²) in [6.07, 6.45) is 9.85. The SMILES string of the molecule is C=CC1=C(/C=C\C)C[C@H]2C=Nc3cc(OCc4cc(COc5cc6c(cc5OC)C(=O)N5c7ccccc7C[C@H]5CN6)cc(NC(=O)[C@H](C)NC(=O)[C@H](C)NC(=O)CCCCC(=O)OC)c4)c(OC)cc3C(=O)N12. The first kappa shape index (κ1) is 51.9. The molecule has 8 rings (SSSR count). The molecule has 4 N–H and O–H groups in total. The molecule has 18 heteroatoms. The van der Waals surface area contributed by atoms with Crippen molar-refractivity contribution < 1.29 is 52.5 Å². The van der Waals surface area contributed by atoms with Gasteiger partial charge in [-0.3, -0.25) is 38.7 Å². The van der Waals surface area contributed by atoms with E-state index in [2.05, 4.69) is 32.6 Å². The molecule has 386 valence electrons. The van der Waals surface area contributed by atoms with Gasteiger partial charge >= 0.3 is 5.97 Å². The Balaban J connectivity index is 1.01. The number of nitrogens with one attached hydrogen (secondary N) is 4. The van der Waals surface area contributed by atoms with E-state index in [4.69, 9.17) is 23.9 Å². The van der Waals surface area contributed by atoms with Gasteiger partial charge in [-0.25, -0.2) is 0 Å². The molecule has 0 aromatic heterocycles. The normalized spacial score (nSPS) is 17.1. The molecule has 4 aliphatic rings. The first-order valence-electron chi connectivity index (χ1n) is 24.5. The van der Waals surface area contributed by atoms with Crippen LogP contribution in [0.2, 0.25) is 0 Å².